The highest BCUT2D eigenvalue weighted by molar-refractivity contribution is 5.95. The van der Waals surface area contributed by atoms with Gasteiger partial charge in [-0.3, -0.25) is 9.59 Å². The Morgan fingerprint density at radius 2 is 2.05 bits per heavy atom. The molecule has 1 N–H and O–H groups in total. The lowest BCUT2D eigenvalue weighted by molar-refractivity contribution is -0.138. The van der Waals surface area contributed by atoms with Gasteiger partial charge in [-0.15, -0.1) is 0 Å². The molecule has 6 heteroatoms. The van der Waals surface area contributed by atoms with Crippen molar-refractivity contribution in [1.29, 1.82) is 0 Å². The number of nitrogens with zero attached hydrogens (tertiary/aromatic N) is 1. The van der Waals surface area contributed by atoms with Crippen LogP contribution in [0.5, 0.6) is 11.5 Å². The number of ether oxygens (including phenoxy) is 2. The van der Waals surface area contributed by atoms with Crippen LogP contribution in [0.1, 0.15) is 30.6 Å². The van der Waals surface area contributed by atoms with Gasteiger partial charge >= 0.3 is 5.97 Å². The molecule has 1 aliphatic heterocycles. The Bertz CT molecular complexity index is 528. The van der Waals surface area contributed by atoms with Crippen molar-refractivity contribution < 1.29 is 24.2 Å². The third-order valence-electron chi connectivity index (χ3n) is 3.22. The molecule has 0 spiro atoms. The van der Waals surface area contributed by atoms with Gasteiger partial charge in [-0.25, -0.2) is 0 Å². The van der Waals surface area contributed by atoms with E-state index in [0.717, 1.165) is 0 Å². The van der Waals surface area contributed by atoms with Crippen LogP contribution in [0.3, 0.4) is 0 Å². The molecule has 108 valence electrons. The number of hydrogen-bond donors (Lipinski definition) is 1. The van der Waals surface area contributed by atoms with Gasteiger partial charge in [0.25, 0.3) is 5.91 Å². The second-order valence-electron chi connectivity index (χ2n) is 4.61. The monoisotopic (exact) mass is 279 g/mol. The minimum absolute atomic E-state index is 0.0792. The molecule has 1 unspecified atom stereocenters. The normalized spacial score (nSPS) is 13.9. The van der Waals surface area contributed by atoms with E-state index in [1.165, 1.54) is 4.90 Å². The molecule has 1 amide bonds. The van der Waals surface area contributed by atoms with E-state index in [1.807, 2.05) is 6.92 Å². The fourth-order valence-electron chi connectivity index (χ4n) is 2.21. The van der Waals surface area contributed by atoms with Crippen molar-refractivity contribution in [3.63, 3.8) is 0 Å². The molecule has 0 saturated heterocycles. The summed E-state index contributed by atoms with van der Waals surface area (Å²) in [5.41, 5.74) is 0.466. The van der Waals surface area contributed by atoms with Crippen molar-refractivity contribution in [1.82, 2.24) is 4.90 Å². The lowest BCUT2D eigenvalue weighted by Gasteiger charge is -2.27. The van der Waals surface area contributed by atoms with Gasteiger partial charge < -0.3 is 19.5 Å². The molecule has 1 aromatic rings. The van der Waals surface area contributed by atoms with E-state index >= 15 is 0 Å². The molecule has 0 aromatic heterocycles. The molecule has 20 heavy (non-hydrogen) atoms. The third-order valence-corrected chi connectivity index (χ3v) is 3.22. The number of hydrogen-bond acceptors (Lipinski definition) is 4. The summed E-state index contributed by atoms with van der Waals surface area (Å²) < 4.78 is 10.4. The number of carboxylic acids is 1. The first-order valence-corrected chi connectivity index (χ1v) is 6.45. The average Bonchev–Trinajstić information content (AvgIpc) is 2.85. The van der Waals surface area contributed by atoms with Gasteiger partial charge in [0.1, 0.15) is 0 Å². The Balaban J connectivity index is 2.18. The molecule has 6 nitrogen and oxygen atoms in total. The van der Waals surface area contributed by atoms with Crippen LogP contribution < -0.4 is 9.47 Å². The standard InChI is InChI=1S/C14H17NO5/c1-3-15(9(2)6-13(16)17)14(18)10-4-5-11-12(7-10)20-8-19-11/h4-5,7,9H,3,6,8H2,1-2H3,(H,16,17). The third kappa shape index (κ3) is 2.84. The summed E-state index contributed by atoms with van der Waals surface area (Å²) in [5.74, 6) is 0.0231. The highest BCUT2D eigenvalue weighted by Crippen LogP contribution is 2.32. The van der Waals surface area contributed by atoms with E-state index in [2.05, 4.69) is 0 Å². The molecule has 1 aliphatic rings. The zero-order chi connectivity index (χ0) is 14.7. The summed E-state index contributed by atoms with van der Waals surface area (Å²) in [6.07, 6.45) is -0.0792. The smallest absolute Gasteiger partial charge is 0.305 e. The molecule has 0 bridgehead atoms. The Morgan fingerprint density at radius 3 is 2.70 bits per heavy atom. The number of benzene rings is 1. The topological polar surface area (TPSA) is 76.1 Å². The molecule has 0 aliphatic carbocycles. The minimum Gasteiger partial charge on any atom is -0.481 e. The van der Waals surface area contributed by atoms with Gasteiger partial charge in [0.05, 0.1) is 6.42 Å². The fraction of sp³-hybridized carbons (Fsp3) is 0.429. The predicted molar refractivity (Wildman–Crippen MR) is 71.0 cm³/mol. The Hall–Kier alpha value is -2.24. The maximum atomic E-state index is 12.4. The zero-order valence-corrected chi connectivity index (χ0v) is 11.5. The summed E-state index contributed by atoms with van der Waals surface area (Å²) >= 11 is 0. The molecule has 1 aromatic carbocycles. The minimum atomic E-state index is -0.922. The number of amides is 1. The Morgan fingerprint density at radius 1 is 1.35 bits per heavy atom. The summed E-state index contributed by atoms with van der Waals surface area (Å²) in [6, 6.07) is 4.60. The first kappa shape index (κ1) is 14.2. The van der Waals surface area contributed by atoms with E-state index < -0.39 is 5.97 Å². The lowest BCUT2D eigenvalue weighted by Crippen LogP contribution is -2.39. The number of fused-ring (bicyclic) bond motifs is 1. The summed E-state index contributed by atoms with van der Waals surface area (Å²) in [5, 5.41) is 8.83. The molecule has 0 fully saturated rings. The van der Waals surface area contributed by atoms with E-state index in [0.29, 0.717) is 23.6 Å². The van der Waals surface area contributed by atoms with Gasteiger partial charge in [-0.1, -0.05) is 0 Å². The van der Waals surface area contributed by atoms with E-state index in [-0.39, 0.29) is 25.2 Å². The SMILES string of the molecule is CCN(C(=O)c1ccc2c(c1)OCO2)C(C)CC(=O)O. The van der Waals surface area contributed by atoms with E-state index in [9.17, 15) is 9.59 Å². The number of carboxylic acid groups (broad SMARTS) is 1. The summed E-state index contributed by atoms with van der Waals surface area (Å²) in [4.78, 5) is 24.7. The average molecular weight is 279 g/mol. The van der Waals surface area contributed by atoms with Gasteiger partial charge in [0.15, 0.2) is 11.5 Å². The molecule has 1 heterocycles. The van der Waals surface area contributed by atoms with Crippen LogP contribution in [-0.4, -0.2) is 41.3 Å². The Kier molecular flexibility index (Phi) is 4.12. The number of carbonyl (C=O) groups excluding carboxylic acids is 1. The van der Waals surface area contributed by atoms with Gasteiger partial charge in [-0.05, 0) is 32.0 Å². The van der Waals surface area contributed by atoms with Gasteiger partial charge in [-0.2, -0.15) is 0 Å². The molecule has 0 saturated carbocycles. The lowest BCUT2D eigenvalue weighted by atomic mass is 10.1. The number of carbonyl (C=O) groups is 2. The maximum absolute atomic E-state index is 12.4. The largest absolute Gasteiger partial charge is 0.481 e. The highest BCUT2D eigenvalue weighted by atomic mass is 16.7. The molecule has 0 radical (unpaired) electrons. The van der Waals surface area contributed by atoms with E-state index in [1.54, 1.807) is 25.1 Å². The van der Waals surface area contributed by atoms with Crippen molar-refractivity contribution in [2.75, 3.05) is 13.3 Å². The maximum Gasteiger partial charge on any atom is 0.305 e. The van der Waals surface area contributed by atoms with Crippen LogP contribution in [0, 0.1) is 0 Å². The fourth-order valence-corrected chi connectivity index (χ4v) is 2.21. The second kappa shape index (κ2) is 5.81. The first-order valence-electron chi connectivity index (χ1n) is 6.45. The Labute approximate surface area is 116 Å². The quantitative estimate of drug-likeness (QED) is 0.888. The second-order valence-corrected chi connectivity index (χ2v) is 4.61. The van der Waals surface area contributed by atoms with Gasteiger partial charge in [0, 0.05) is 18.2 Å². The van der Waals surface area contributed by atoms with Crippen molar-refractivity contribution >= 4 is 11.9 Å². The summed E-state index contributed by atoms with van der Waals surface area (Å²) in [6.45, 7) is 4.15. The van der Waals surface area contributed by atoms with Gasteiger partial charge in [0.2, 0.25) is 6.79 Å². The van der Waals surface area contributed by atoms with Crippen molar-refractivity contribution in [3.05, 3.63) is 23.8 Å². The van der Waals surface area contributed by atoms with E-state index in [4.69, 9.17) is 14.6 Å². The van der Waals surface area contributed by atoms with Crippen molar-refractivity contribution in [2.24, 2.45) is 0 Å². The van der Waals surface area contributed by atoms with Crippen molar-refractivity contribution in [2.45, 2.75) is 26.3 Å². The highest BCUT2D eigenvalue weighted by Gasteiger charge is 2.24. The van der Waals surface area contributed by atoms with Crippen LogP contribution in [0.15, 0.2) is 18.2 Å². The molecular weight excluding hydrogens is 262 g/mol. The molecule has 1 atom stereocenters. The number of rotatable bonds is 5. The van der Waals surface area contributed by atoms with Crippen LogP contribution in [0.2, 0.25) is 0 Å². The van der Waals surface area contributed by atoms with Crippen LogP contribution in [0.4, 0.5) is 0 Å². The number of aliphatic carboxylic acids is 1. The van der Waals surface area contributed by atoms with Crippen LogP contribution in [0.25, 0.3) is 0 Å². The molecule has 2 rings (SSSR count). The van der Waals surface area contributed by atoms with Crippen LogP contribution in [-0.2, 0) is 4.79 Å². The van der Waals surface area contributed by atoms with Crippen LogP contribution >= 0.6 is 0 Å². The summed E-state index contributed by atoms with van der Waals surface area (Å²) in [7, 11) is 0. The zero-order valence-electron chi connectivity index (χ0n) is 11.5. The molecular formula is C14H17NO5. The van der Waals surface area contributed by atoms with Crippen molar-refractivity contribution in [3.8, 4) is 11.5 Å². The first-order chi connectivity index (χ1) is 9.52. The predicted octanol–water partition coefficient (Wildman–Crippen LogP) is 1.74.